The van der Waals surface area contributed by atoms with Crippen molar-refractivity contribution < 1.29 is 5.21 Å². The normalized spacial score (nSPS) is 11.9. The Morgan fingerprint density at radius 1 is 1.67 bits per heavy atom. The van der Waals surface area contributed by atoms with Crippen molar-refractivity contribution in [1.29, 1.82) is 0 Å². The lowest BCUT2D eigenvalue weighted by atomic mass is 10.3. The lowest BCUT2D eigenvalue weighted by molar-refractivity contribution is 0.316. The maximum Gasteiger partial charge on any atom is 0.140 e. The molecule has 0 spiro atoms. The molecule has 0 aliphatic carbocycles. The molecule has 0 radical (unpaired) electrons. The highest BCUT2D eigenvalue weighted by molar-refractivity contribution is 5.79. The van der Waals surface area contributed by atoms with Crippen LogP contribution in [0.4, 0.5) is 0 Å². The summed E-state index contributed by atoms with van der Waals surface area (Å²) in [5, 5.41) is 14.4. The Balaban J connectivity index is 2.10. The van der Waals surface area contributed by atoms with E-state index in [9.17, 15) is 0 Å². The molecule has 4 N–H and O–H groups in total. The van der Waals surface area contributed by atoms with Gasteiger partial charge in [0, 0.05) is 45.4 Å². The lowest BCUT2D eigenvalue weighted by Gasteiger charge is -2.04. The van der Waals surface area contributed by atoms with Crippen molar-refractivity contribution in [1.82, 2.24) is 14.9 Å². The Labute approximate surface area is 88.8 Å². The van der Waals surface area contributed by atoms with Crippen LogP contribution >= 0.6 is 0 Å². The fraction of sp³-hybridized carbons (Fsp3) is 0.556. The van der Waals surface area contributed by atoms with Crippen molar-refractivity contribution in [2.24, 2.45) is 17.9 Å². The predicted molar refractivity (Wildman–Crippen MR) is 57.8 cm³/mol. The van der Waals surface area contributed by atoms with Crippen molar-refractivity contribution >= 4 is 5.84 Å². The van der Waals surface area contributed by atoms with E-state index >= 15 is 0 Å². The average Bonchev–Trinajstić information content (AvgIpc) is 2.63. The molecule has 0 saturated carbocycles. The van der Waals surface area contributed by atoms with Gasteiger partial charge in [0.25, 0.3) is 0 Å². The van der Waals surface area contributed by atoms with E-state index in [1.165, 1.54) is 0 Å². The molecular formula is C9H17N5O. The van der Waals surface area contributed by atoms with E-state index in [2.05, 4.69) is 15.5 Å². The van der Waals surface area contributed by atoms with Gasteiger partial charge in [-0.2, -0.15) is 0 Å². The van der Waals surface area contributed by atoms with Crippen LogP contribution < -0.4 is 11.1 Å². The summed E-state index contributed by atoms with van der Waals surface area (Å²) in [5.74, 6) is 1.30. The molecule has 0 bridgehead atoms. The molecule has 0 atom stereocenters. The second-order valence-corrected chi connectivity index (χ2v) is 3.30. The fourth-order valence-electron chi connectivity index (χ4n) is 1.23. The van der Waals surface area contributed by atoms with Crippen LogP contribution in [0.5, 0.6) is 0 Å². The van der Waals surface area contributed by atoms with Gasteiger partial charge >= 0.3 is 0 Å². The minimum Gasteiger partial charge on any atom is -0.409 e. The van der Waals surface area contributed by atoms with Gasteiger partial charge in [0.1, 0.15) is 11.7 Å². The van der Waals surface area contributed by atoms with Crippen LogP contribution in [0.2, 0.25) is 0 Å². The Morgan fingerprint density at radius 3 is 3.07 bits per heavy atom. The maximum atomic E-state index is 8.30. The molecule has 15 heavy (non-hydrogen) atoms. The van der Waals surface area contributed by atoms with Crippen LogP contribution in [-0.4, -0.2) is 33.7 Å². The zero-order valence-corrected chi connectivity index (χ0v) is 8.85. The summed E-state index contributed by atoms with van der Waals surface area (Å²) in [6.07, 6.45) is 5.13. The number of amidine groups is 1. The van der Waals surface area contributed by atoms with Crippen molar-refractivity contribution in [2.75, 3.05) is 13.1 Å². The number of imidazole rings is 1. The molecule has 1 rings (SSSR count). The van der Waals surface area contributed by atoms with Gasteiger partial charge in [-0.1, -0.05) is 5.16 Å². The number of hydrogen-bond acceptors (Lipinski definition) is 4. The smallest absolute Gasteiger partial charge is 0.140 e. The van der Waals surface area contributed by atoms with E-state index in [0.717, 1.165) is 18.8 Å². The Kier molecular flexibility index (Phi) is 4.62. The maximum absolute atomic E-state index is 8.30. The van der Waals surface area contributed by atoms with E-state index in [1.807, 2.05) is 17.8 Å². The molecule has 6 heteroatoms. The molecule has 0 fully saturated rings. The number of aromatic nitrogens is 2. The summed E-state index contributed by atoms with van der Waals surface area (Å²) < 4.78 is 1.99. The highest BCUT2D eigenvalue weighted by Crippen LogP contribution is 1.93. The minimum absolute atomic E-state index is 0.250. The van der Waals surface area contributed by atoms with E-state index in [-0.39, 0.29) is 5.84 Å². The van der Waals surface area contributed by atoms with E-state index in [0.29, 0.717) is 13.0 Å². The van der Waals surface area contributed by atoms with Gasteiger partial charge in [-0.15, -0.1) is 0 Å². The molecular weight excluding hydrogens is 194 g/mol. The van der Waals surface area contributed by atoms with Crippen LogP contribution in [0, 0.1) is 0 Å². The molecule has 1 aromatic rings. The zero-order valence-electron chi connectivity index (χ0n) is 8.85. The van der Waals surface area contributed by atoms with Gasteiger partial charge in [-0.05, 0) is 0 Å². The SMILES string of the molecule is Cn1ccnc1CCNCCC(N)=NO. The first-order valence-electron chi connectivity index (χ1n) is 4.87. The largest absolute Gasteiger partial charge is 0.409 e. The zero-order chi connectivity index (χ0) is 11.1. The highest BCUT2D eigenvalue weighted by atomic mass is 16.4. The predicted octanol–water partition coefficient (Wildman–Crippen LogP) is -0.311. The van der Waals surface area contributed by atoms with Gasteiger partial charge in [-0.3, -0.25) is 0 Å². The number of rotatable bonds is 6. The van der Waals surface area contributed by atoms with Crippen molar-refractivity contribution in [2.45, 2.75) is 12.8 Å². The van der Waals surface area contributed by atoms with Gasteiger partial charge in [-0.25, -0.2) is 4.98 Å². The summed E-state index contributed by atoms with van der Waals surface area (Å²) in [7, 11) is 1.97. The van der Waals surface area contributed by atoms with Crippen LogP contribution in [0.25, 0.3) is 0 Å². The van der Waals surface area contributed by atoms with Gasteiger partial charge in [0.2, 0.25) is 0 Å². The van der Waals surface area contributed by atoms with Gasteiger partial charge < -0.3 is 20.8 Å². The van der Waals surface area contributed by atoms with Crippen LogP contribution in [0.1, 0.15) is 12.2 Å². The van der Waals surface area contributed by atoms with Gasteiger partial charge in [0.15, 0.2) is 0 Å². The average molecular weight is 211 g/mol. The first kappa shape index (κ1) is 11.5. The second kappa shape index (κ2) is 6.02. The highest BCUT2D eigenvalue weighted by Gasteiger charge is 1.98. The molecule has 0 saturated heterocycles. The van der Waals surface area contributed by atoms with Crippen LogP contribution in [-0.2, 0) is 13.5 Å². The molecule has 0 aliphatic heterocycles. The number of hydrogen-bond donors (Lipinski definition) is 3. The lowest BCUT2D eigenvalue weighted by Crippen LogP contribution is -2.24. The van der Waals surface area contributed by atoms with Crippen LogP contribution in [0.3, 0.4) is 0 Å². The first-order chi connectivity index (χ1) is 7.24. The van der Waals surface area contributed by atoms with Gasteiger partial charge in [0.05, 0.1) is 0 Å². The summed E-state index contributed by atoms with van der Waals surface area (Å²) in [6, 6.07) is 0. The molecule has 1 heterocycles. The van der Waals surface area contributed by atoms with Crippen molar-refractivity contribution in [3.8, 4) is 0 Å². The second-order valence-electron chi connectivity index (χ2n) is 3.30. The fourth-order valence-corrected chi connectivity index (χ4v) is 1.23. The molecule has 6 nitrogen and oxygen atoms in total. The minimum atomic E-state index is 0.250. The number of nitrogens with one attached hydrogen (secondary N) is 1. The Morgan fingerprint density at radius 2 is 2.47 bits per heavy atom. The molecule has 84 valence electrons. The number of nitrogens with two attached hydrogens (primary N) is 1. The van der Waals surface area contributed by atoms with Crippen LogP contribution in [0.15, 0.2) is 17.5 Å². The molecule has 1 aromatic heterocycles. The van der Waals surface area contributed by atoms with E-state index < -0.39 is 0 Å². The summed E-state index contributed by atoms with van der Waals surface area (Å²) in [6.45, 7) is 1.55. The molecule has 0 aromatic carbocycles. The standard InChI is InChI=1S/C9H17N5O/c1-14-7-6-12-9(14)3-5-11-4-2-8(10)13-15/h6-7,11,15H,2-5H2,1H3,(H2,10,13). The topological polar surface area (TPSA) is 88.5 Å². The van der Waals surface area contributed by atoms with E-state index in [1.54, 1.807) is 6.20 Å². The van der Waals surface area contributed by atoms with Crippen molar-refractivity contribution in [3.05, 3.63) is 18.2 Å². The first-order valence-corrected chi connectivity index (χ1v) is 4.87. The molecule has 0 amide bonds. The summed E-state index contributed by atoms with van der Waals surface area (Å²) in [5.41, 5.74) is 5.32. The monoisotopic (exact) mass is 211 g/mol. The molecule has 0 aliphatic rings. The number of oxime groups is 1. The van der Waals surface area contributed by atoms with E-state index in [4.69, 9.17) is 10.9 Å². The third kappa shape index (κ3) is 3.99. The summed E-state index contributed by atoms with van der Waals surface area (Å²) >= 11 is 0. The Hall–Kier alpha value is -1.56. The third-order valence-corrected chi connectivity index (χ3v) is 2.13. The summed E-state index contributed by atoms with van der Waals surface area (Å²) in [4.78, 5) is 4.20. The molecule has 0 unspecified atom stereocenters. The quantitative estimate of drug-likeness (QED) is 0.198. The Bertz CT molecular complexity index is 320. The number of aryl methyl sites for hydroxylation is 1. The number of nitrogens with zero attached hydrogens (tertiary/aromatic N) is 3. The third-order valence-electron chi connectivity index (χ3n) is 2.13. The van der Waals surface area contributed by atoms with Crippen molar-refractivity contribution in [3.63, 3.8) is 0 Å².